The van der Waals surface area contributed by atoms with Crippen molar-refractivity contribution >= 4 is 11.6 Å². The van der Waals surface area contributed by atoms with Crippen LogP contribution < -0.4 is 20.5 Å². The summed E-state index contributed by atoms with van der Waals surface area (Å²) in [5.74, 6) is 1.18. The molecule has 0 atom stereocenters. The van der Waals surface area contributed by atoms with Crippen molar-refractivity contribution in [1.29, 1.82) is 0 Å². The summed E-state index contributed by atoms with van der Waals surface area (Å²) in [6.45, 7) is 0.782. The molecule has 0 saturated heterocycles. The minimum atomic E-state index is -0.162. The van der Waals surface area contributed by atoms with E-state index in [4.69, 9.17) is 15.2 Å². The molecule has 0 aromatic heterocycles. The molecule has 1 amide bonds. The summed E-state index contributed by atoms with van der Waals surface area (Å²) < 4.78 is 10.6. The molecule has 21 heavy (non-hydrogen) atoms. The van der Waals surface area contributed by atoms with Crippen LogP contribution in [0.5, 0.6) is 11.5 Å². The molecule has 5 heteroatoms. The molecule has 0 heterocycles. The van der Waals surface area contributed by atoms with Crippen LogP contribution in [0.1, 0.15) is 10.4 Å². The normalized spacial score (nSPS) is 9.95. The van der Waals surface area contributed by atoms with Gasteiger partial charge in [-0.3, -0.25) is 4.79 Å². The van der Waals surface area contributed by atoms with Crippen LogP contribution >= 0.6 is 0 Å². The lowest BCUT2D eigenvalue weighted by molar-refractivity contribution is 0.0946. The SMILES string of the molecule is COc1cccc(C(=O)NCCOc2cccc(N)c2)c1. The molecule has 0 aliphatic carbocycles. The summed E-state index contributed by atoms with van der Waals surface area (Å²) in [5, 5.41) is 2.78. The molecule has 0 radical (unpaired) electrons. The predicted molar refractivity (Wildman–Crippen MR) is 81.7 cm³/mol. The van der Waals surface area contributed by atoms with E-state index in [0.29, 0.717) is 35.9 Å². The number of ether oxygens (including phenoxy) is 2. The van der Waals surface area contributed by atoms with E-state index in [2.05, 4.69) is 5.32 Å². The topological polar surface area (TPSA) is 73.6 Å². The van der Waals surface area contributed by atoms with Gasteiger partial charge in [-0.15, -0.1) is 0 Å². The van der Waals surface area contributed by atoms with E-state index < -0.39 is 0 Å². The zero-order valence-electron chi connectivity index (χ0n) is 11.8. The molecule has 3 N–H and O–H groups in total. The van der Waals surface area contributed by atoms with Gasteiger partial charge in [-0.05, 0) is 30.3 Å². The van der Waals surface area contributed by atoms with E-state index in [1.54, 1.807) is 43.5 Å². The number of carbonyl (C=O) groups is 1. The van der Waals surface area contributed by atoms with Crippen molar-refractivity contribution in [1.82, 2.24) is 5.32 Å². The van der Waals surface area contributed by atoms with E-state index >= 15 is 0 Å². The van der Waals surface area contributed by atoms with Crippen molar-refractivity contribution in [3.8, 4) is 11.5 Å². The molecular formula is C16H18N2O3. The number of nitrogens with two attached hydrogens (primary N) is 1. The van der Waals surface area contributed by atoms with Gasteiger partial charge in [0.25, 0.3) is 5.91 Å². The lowest BCUT2D eigenvalue weighted by Crippen LogP contribution is -2.28. The first-order valence-corrected chi connectivity index (χ1v) is 6.59. The first-order valence-electron chi connectivity index (χ1n) is 6.59. The summed E-state index contributed by atoms with van der Waals surface area (Å²) in [5.41, 5.74) is 6.85. The average Bonchev–Trinajstić information content (AvgIpc) is 2.51. The van der Waals surface area contributed by atoms with Crippen LogP contribution in [0.25, 0.3) is 0 Å². The Balaban J connectivity index is 1.79. The molecular weight excluding hydrogens is 268 g/mol. The second-order valence-electron chi connectivity index (χ2n) is 4.41. The third-order valence-corrected chi connectivity index (χ3v) is 2.85. The van der Waals surface area contributed by atoms with Gasteiger partial charge in [0.1, 0.15) is 18.1 Å². The van der Waals surface area contributed by atoms with E-state index in [1.807, 2.05) is 12.1 Å². The van der Waals surface area contributed by atoms with Crippen LogP contribution in [0.4, 0.5) is 5.69 Å². The fourth-order valence-electron chi connectivity index (χ4n) is 1.80. The molecule has 0 fully saturated rings. The van der Waals surface area contributed by atoms with Crippen molar-refractivity contribution in [2.75, 3.05) is 26.0 Å². The van der Waals surface area contributed by atoms with Crippen LogP contribution in [0, 0.1) is 0 Å². The van der Waals surface area contributed by atoms with E-state index in [9.17, 15) is 4.79 Å². The maximum Gasteiger partial charge on any atom is 0.251 e. The Labute approximate surface area is 123 Å². The number of carbonyl (C=O) groups excluding carboxylic acids is 1. The predicted octanol–water partition coefficient (Wildman–Crippen LogP) is 2.09. The van der Waals surface area contributed by atoms with Gasteiger partial charge in [0.05, 0.1) is 13.7 Å². The van der Waals surface area contributed by atoms with Crippen LogP contribution in [0.15, 0.2) is 48.5 Å². The fraction of sp³-hybridized carbons (Fsp3) is 0.188. The van der Waals surface area contributed by atoms with Gasteiger partial charge in [0.2, 0.25) is 0 Å². The fourth-order valence-corrected chi connectivity index (χ4v) is 1.80. The third-order valence-electron chi connectivity index (χ3n) is 2.85. The molecule has 0 aliphatic heterocycles. The molecule has 0 spiro atoms. The minimum absolute atomic E-state index is 0.162. The van der Waals surface area contributed by atoms with Gasteiger partial charge in [0.15, 0.2) is 0 Å². The molecule has 0 aliphatic rings. The maximum atomic E-state index is 11.9. The van der Waals surface area contributed by atoms with Gasteiger partial charge in [-0.1, -0.05) is 12.1 Å². The van der Waals surface area contributed by atoms with Gasteiger partial charge >= 0.3 is 0 Å². The lowest BCUT2D eigenvalue weighted by atomic mass is 10.2. The number of benzene rings is 2. The zero-order valence-corrected chi connectivity index (χ0v) is 11.8. The monoisotopic (exact) mass is 286 g/mol. The third kappa shape index (κ3) is 4.42. The number of nitrogen functional groups attached to an aromatic ring is 1. The molecule has 0 saturated carbocycles. The number of hydrogen-bond donors (Lipinski definition) is 2. The van der Waals surface area contributed by atoms with Gasteiger partial charge in [-0.25, -0.2) is 0 Å². The van der Waals surface area contributed by atoms with Gasteiger partial charge in [0, 0.05) is 17.3 Å². The number of methoxy groups -OCH3 is 1. The molecule has 0 unspecified atom stereocenters. The van der Waals surface area contributed by atoms with Crippen molar-refractivity contribution in [2.24, 2.45) is 0 Å². The van der Waals surface area contributed by atoms with Crippen LogP contribution in [-0.2, 0) is 0 Å². The molecule has 5 nitrogen and oxygen atoms in total. The summed E-state index contributed by atoms with van der Waals surface area (Å²) in [6, 6.07) is 14.2. The largest absolute Gasteiger partial charge is 0.497 e. The quantitative estimate of drug-likeness (QED) is 0.630. The number of amides is 1. The highest BCUT2D eigenvalue weighted by Gasteiger charge is 2.05. The molecule has 110 valence electrons. The summed E-state index contributed by atoms with van der Waals surface area (Å²) in [6.07, 6.45) is 0. The summed E-state index contributed by atoms with van der Waals surface area (Å²) in [7, 11) is 1.57. The van der Waals surface area contributed by atoms with E-state index in [0.717, 1.165) is 0 Å². The van der Waals surface area contributed by atoms with Crippen molar-refractivity contribution < 1.29 is 14.3 Å². The smallest absolute Gasteiger partial charge is 0.251 e. The van der Waals surface area contributed by atoms with Crippen LogP contribution in [0.3, 0.4) is 0 Å². The Morgan fingerprint density at radius 3 is 2.67 bits per heavy atom. The van der Waals surface area contributed by atoms with Crippen LogP contribution in [0.2, 0.25) is 0 Å². The number of nitrogens with one attached hydrogen (secondary N) is 1. The maximum absolute atomic E-state index is 11.9. The van der Waals surface area contributed by atoms with E-state index in [-0.39, 0.29) is 5.91 Å². The standard InChI is InChI=1S/C16H18N2O3/c1-20-14-6-2-4-12(10-14)16(19)18-8-9-21-15-7-3-5-13(17)11-15/h2-7,10-11H,8-9,17H2,1H3,(H,18,19). The van der Waals surface area contributed by atoms with E-state index in [1.165, 1.54) is 0 Å². The Bertz CT molecular complexity index is 614. The molecule has 2 aromatic rings. The second-order valence-corrected chi connectivity index (χ2v) is 4.41. The molecule has 2 rings (SSSR count). The lowest BCUT2D eigenvalue weighted by Gasteiger charge is -2.09. The van der Waals surface area contributed by atoms with Gasteiger partial charge in [-0.2, -0.15) is 0 Å². The van der Waals surface area contributed by atoms with Crippen molar-refractivity contribution in [3.05, 3.63) is 54.1 Å². The summed E-state index contributed by atoms with van der Waals surface area (Å²) in [4.78, 5) is 11.9. The second kappa shape index (κ2) is 7.19. The van der Waals surface area contributed by atoms with Crippen molar-refractivity contribution in [2.45, 2.75) is 0 Å². The highest BCUT2D eigenvalue weighted by atomic mass is 16.5. The van der Waals surface area contributed by atoms with Crippen molar-refractivity contribution in [3.63, 3.8) is 0 Å². The zero-order chi connectivity index (χ0) is 15.1. The minimum Gasteiger partial charge on any atom is -0.497 e. The molecule has 0 bridgehead atoms. The van der Waals surface area contributed by atoms with Gasteiger partial charge < -0.3 is 20.5 Å². The number of anilines is 1. The Kier molecular flexibility index (Phi) is 5.04. The average molecular weight is 286 g/mol. The first kappa shape index (κ1) is 14.7. The summed E-state index contributed by atoms with van der Waals surface area (Å²) >= 11 is 0. The highest BCUT2D eigenvalue weighted by molar-refractivity contribution is 5.94. The Hall–Kier alpha value is -2.69. The van der Waals surface area contributed by atoms with Crippen LogP contribution in [-0.4, -0.2) is 26.2 Å². The number of rotatable bonds is 6. The molecule has 2 aromatic carbocycles. The number of hydrogen-bond acceptors (Lipinski definition) is 4. The Morgan fingerprint density at radius 2 is 1.90 bits per heavy atom. The first-order chi connectivity index (χ1) is 10.2. The Morgan fingerprint density at radius 1 is 1.14 bits per heavy atom. The highest BCUT2D eigenvalue weighted by Crippen LogP contribution is 2.14.